The Morgan fingerprint density at radius 2 is 2.25 bits per heavy atom. The van der Waals surface area contributed by atoms with Gasteiger partial charge < -0.3 is 10.1 Å². The van der Waals surface area contributed by atoms with Gasteiger partial charge in [-0.3, -0.25) is 0 Å². The number of nitrogens with one attached hydrogen (secondary N) is 1. The monoisotopic (exact) mass is 238 g/mol. The molecule has 1 saturated heterocycles. The van der Waals surface area contributed by atoms with Crippen LogP contribution in [0.2, 0.25) is 0 Å². The van der Waals surface area contributed by atoms with Gasteiger partial charge in [-0.15, -0.1) is 11.8 Å². The highest BCUT2D eigenvalue weighted by molar-refractivity contribution is 7.99. The minimum absolute atomic E-state index is 0.542. The van der Waals surface area contributed by atoms with Crippen LogP contribution >= 0.6 is 11.8 Å². The number of rotatable bonds is 4. The van der Waals surface area contributed by atoms with Gasteiger partial charge in [-0.05, 0) is 30.7 Å². The Kier molecular flexibility index (Phi) is 4.48. The zero-order chi connectivity index (χ0) is 11.2. The van der Waals surface area contributed by atoms with Crippen molar-refractivity contribution in [3.8, 4) is 0 Å². The van der Waals surface area contributed by atoms with Crippen molar-refractivity contribution in [3.63, 3.8) is 0 Å². The fourth-order valence-corrected chi connectivity index (χ4v) is 2.36. The standard InChI is InChI=1S/C12H18N2OS/c1-2-16-12-4-3-11(9-13-12)14-10-5-7-15-8-6-10/h3-4,9-10,14H,2,5-8H2,1H3. The summed E-state index contributed by atoms with van der Waals surface area (Å²) in [6, 6.07) is 4.73. The third-order valence-electron chi connectivity index (χ3n) is 2.62. The highest BCUT2D eigenvalue weighted by Crippen LogP contribution is 2.18. The third-order valence-corrected chi connectivity index (χ3v) is 3.45. The van der Waals surface area contributed by atoms with E-state index in [1.54, 1.807) is 11.8 Å². The van der Waals surface area contributed by atoms with Gasteiger partial charge in [-0.2, -0.15) is 0 Å². The van der Waals surface area contributed by atoms with Crippen molar-refractivity contribution in [1.29, 1.82) is 0 Å². The molecule has 16 heavy (non-hydrogen) atoms. The van der Waals surface area contributed by atoms with Crippen molar-refractivity contribution in [3.05, 3.63) is 18.3 Å². The van der Waals surface area contributed by atoms with E-state index in [9.17, 15) is 0 Å². The molecule has 0 bridgehead atoms. The minimum Gasteiger partial charge on any atom is -0.381 e. The van der Waals surface area contributed by atoms with Crippen LogP contribution in [0.3, 0.4) is 0 Å². The molecule has 1 aromatic rings. The molecule has 2 rings (SSSR count). The maximum atomic E-state index is 5.33. The van der Waals surface area contributed by atoms with E-state index in [1.165, 1.54) is 0 Å². The molecule has 4 heteroatoms. The van der Waals surface area contributed by atoms with Crippen LogP contribution in [0.25, 0.3) is 0 Å². The molecule has 0 saturated carbocycles. The smallest absolute Gasteiger partial charge is 0.0961 e. The molecule has 1 fully saturated rings. The summed E-state index contributed by atoms with van der Waals surface area (Å²) in [4.78, 5) is 4.40. The Hall–Kier alpha value is -0.740. The fourth-order valence-electron chi connectivity index (χ4n) is 1.78. The van der Waals surface area contributed by atoms with E-state index >= 15 is 0 Å². The first-order chi connectivity index (χ1) is 7.88. The number of anilines is 1. The molecule has 0 spiro atoms. The van der Waals surface area contributed by atoms with E-state index in [0.717, 1.165) is 42.5 Å². The molecule has 1 aliphatic heterocycles. The van der Waals surface area contributed by atoms with Gasteiger partial charge in [0.2, 0.25) is 0 Å². The first-order valence-corrected chi connectivity index (χ1v) is 6.80. The van der Waals surface area contributed by atoms with Gasteiger partial charge in [0.15, 0.2) is 0 Å². The van der Waals surface area contributed by atoms with E-state index in [0.29, 0.717) is 6.04 Å². The molecule has 88 valence electrons. The maximum Gasteiger partial charge on any atom is 0.0961 e. The average Bonchev–Trinajstić information content (AvgIpc) is 2.33. The van der Waals surface area contributed by atoms with Crippen LogP contribution in [0.1, 0.15) is 19.8 Å². The Labute approximate surface area is 101 Å². The van der Waals surface area contributed by atoms with Crippen molar-refractivity contribution in [2.24, 2.45) is 0 Å². The number of thioether (sulfide) groups is 1. The van der Waals surface area contributed by atoms with Gasteiger partial charge >= 0.3 is 0 Å². The number of ether oxygens (including phenoxy) is 1. The van der Waals surface area contributed by atoms with Crippen molar-refractivity contribution in [2.45, 2.75) is 30.8 Å². The number of aromatic nitrogens is 1. The zero-order valence-electron chi connectivity index (χ0n) is 9.61. The molecule has 2 heterocycles. The summed E-state index contributed by atoms with van der Waals surface area (Å²) >= 11 is 1.77. The third kappa shape index (κ3) is 3.39. The van der Waals surface area contributed by atoms with Crippen molar-refractivity contribution < 1.29 is 4.74 Å². The lowest BCUT2D eigenvalue weighted by Gasteiger charge is -2.23. The summed E-state index contributed by atoms with van der Waals surface area (Å²) in [5.74, 6) is 1.07. The molecular weight excluding hydrogens is 220 g/mol. The Bertz CT molecular complexity index is 309. The van der Waals surface area contributed by atoms with E-state index in [1.807, 2.05) is 6.20 Å². The first kappa shape index (κ1) is 11.7. The number of nitrogens with zero attached hydrogens (tertiary/aromatic N) is 1. The number of hydrogen-bond acceptors (Lipinski definition) is 4. The fraction of sp³-hybridized carbons (Fsp3) is 0.583. The summed E-state index contributed by atoms with van der Waals surface area (Å²) in [6.45, 7) is 3.88. The van der Waals surface area contributed by atoms with Crippen LogP contribution in [0, 0.1) is 0 Å². The lowest BCUT2D eigenvalue weighted by atomic mass is 10.1. The highest BCUT2D eigenvalue weighted by atomic mass is 32.2. The van der Waals surface area contributed by atoms with Gasteiger partial charge in [0.1, 0.15) is 0 Å². The molecule has 0 aromatic carbocycles. The van der Waals surface area contributed by atoms with Crippen LogP contribution in [-0.2, 0) is 4.74 Å². The van der Waals surface area contributed by atoms with Crippen LogP contribution in [-0.4, -0.2) is 30.0 Å². The highest BCUT2D eigenvalue weighted by Gasteiger charge is 2.13. The summed E-state index contributed by atoms with van der Waals surface area (Å²) in [5, 5.41) is 4.60. The van der Waals surface area contributed by atoms with E-state index in [4.69, 9.17) is 4.74 Å². The summed E-state index contributed by atoms with van der Waals surface area (Å²) in [6.07, 6.45) is 4.10. The van der Waals surface area contributed by atoms with Crippen LogP contribution in [0.5, 0.6) is 0 Å². The molecule has 1 aromatic heterocycles. The molecule has 0 aliphatic carbocycles. The van der Waals surface area contributed by atoms with Gasteiger partial charge in [0.25, 0.3) is 0 Å². The quantitative estimate of drug-likeness (QED) is 0.818. The molecule has 0 atom stereocenters. The normalized spacial score (nSPS) is 17.3. The Morgan fingerprint density at radius 3 is 2.88 bits per heavy atom. The average molecular weight is 238 g/mol. The van der Waals surface area contributed by atoms with Crippen molar-refractivity contribution >= 4 is 17.4 Å². The van der Waals surface area contributed by atoms with Gasteiger partial charge in [-0.25, -0.2) is 4.98 Å². The van der Waals surface area contributed by atoms with Crippen molar-refractivity contribution in [2.75, 3.05) is 24.3 Å². The van der Waals surface area contributed by atoms with E-state index < -0.39 is 0 Å². The summed E-state index contributed by atoms with van der Waals surface area (Å²) in [7, 11) is 0. The lowest BCUT2D eigenvalue weighted by molar-refractivity contribution is 0.0904. The van der Waals surface area contributed by atoms with Crippen molar-refractivity contribution in [1.82, 2.24) is 4.98 Å². The van der Waals surface area contributed by atoms with Gasteiger partial charge in [0, 0.05) is 19.3 Å². The molecular formula is C12H18N2OS. The molecule has 1 aliphatic rings. The summed E-state index contributed by atoms with van der Waals surface area (Å²) in [5.41, 5.74) is 1.12. The number of hydrogen-bond donors (Lipinski definition) is 1. The van der Waals surface area contributed by atoms with E-state index in [2.05, 4.69) is 29.4 Å². The van der Waals surface area contributed by atoms with E-state index in [-0.39, 0.29) is 0 Å². The lowest BCUT2D eigenvalue weighted by Crippen LogP contribution is -2.27. The second-order valence-corrected chi connectivity index (χ2v) is 5.13. The van der Waals surface area contributed by atoms with Crippen LogP contribution in [0.15, 0.2) is 23.4 Å². The largest absolute Gasteiger partial charge is 0.381 e. The molecule has 0 unspecified atom stereocenters. The van der Waals surface area contributed by atoms with Gasteiger partial charge in [-0.1, -0.05) is 6.92 Å². The second kappa shape index (κ2) is 6.11. The maximum absolute atomic E-state index is 5.33. The molecule has 1 N–H and O–H groups in total. The predicted octanol–water partition coefficient (Wildman–Crippen LogP) is 2.78. The first-order valence-electron chi connectivity index (χ1n) is 5.81. The Morgan fingerprint density at radius 1 is 1.44 bits per heavy atom. The van der Waals surface area contributed by atoms with Crippen LogP contribution in [0.4, 0.5) is 5.69 Å². The Balaban J connectivity index is 1.88. The summed E-state index contributed by atoms with van der Waals surface area (Å²) < 4.78 is 5.33. The predicted molar refractivity (Wildman–Crippen MR) is 68.1 cm³/mol. The van der Waals surface area contributed by atoms with Crippen LogP contribution < -0.4 is 5.32 Å². The molecule has 0 radical (unpaired) electrons. The number of pyridine rings is 1. The minimum atomic E-state index is 0.542. The molecule has 3 nitrogen and oxygen atoms in total. The zero-order valence-corrected chi connectivity index (χ0v) is 10.4. The SMILES string of the molecule is CCSc1ccc(NC2CCOCC2)cn1. The molecule has 0 amide bonds. The second-order valence-electron chi connectivity index (χ2n) is 3.85. The topological polar surface area (TPSA) is 34.1 Å². The van der Waals surface area contributed by atoms with Gasteiger partial charge in [0.05, 0.1) is 16.9 Å².